The molecule has 1 amide bonds. The van der Waals surface area contributed by atoms with E-state index in [1.165, 1.54) is 6.07 Å². The average molecular weight is 322 g/mol. The van der Waals surface area contributed by atoms with Gasteiger partial charge in [0.05, 0.1) is 4.90 Å². The summed E-state index contributed by atoms with van der Waals surface area (Å²) >= 11 is 0. The van der Waals surface area contributed by atoms with Gasteiger partial charge in [-0.3, -0.25) is 4.79 Å². The minimum Gasteiger partial charge on any atom is -0.339 e. The van der Waals surface area contributed by atoms with Gasteiger partial charge in [-0.1, -0.05) is 6.07 Å². The van der Waals surface area contributed by atoms with Gasteiger partial charge in [0, 0.05) is 24.7 Å². The monoisotopic (exact) mass is 322 g/mol. The van der Waals surface area contributed by atoms with Crippen LogP contribution in [0.1, 0.15) is 48.0 Å². The molecule has 0 spiro atoms. The summed E-state index contributed by atoms with van der Waals surface area (Å²) in [7, 11) is -1.73. The number of hydrogen-bond donors (Lipinski definition) is 1. The van der Waals surface area contributed by atoms with Gasteiger partial charge in [-0.25, -0.2) is 13.1 Å². The fourth-order valence-electron chi connectivity index (χ4n) is 2.62. The van der Waals surface area contributed by atoms with E-state index in [4.69, 9.17) is 0 Å². The van der Waals surface area contributed by atoms with Crippen molar-refractivity contribution in [1.82, 2.24) is 9.62 Å². The Balaban J connectivity index is 1.87. The lowest BCUT2D eigenvalue weighted by Crippen LogP contribution is -2.41. The number of hydrogen-bond acceptors (Lipinski definition) is 3. The molecule has 2 aliphatic rings. The number of nitrogens with zero attached hydrogens (tertiary/aromatic N) is 1. The number of nitrogens with one attached hydrogen (secondary N) is 1. The highest BCUT2D eigenvalue weighted by molar-refractivity contribution is 7.89. The summed E-state index contributed by atoms with van der Waals surface area (Å²) in [5.74, 6) is -0.0920. The van der Waals surface area contributed by atoms with Gasteiger partial charge in [0.1, 0.15) is 0 Å². The fourth-order valence-corrected chi connectivity index (χ4v) is 3.95. The molecule has 0 saturated heterocycles. The van der Waals surface area contributed by atoms with E-state index in [0.29, 0.717) is 5.56 Å². The first-order valence-corrected chi connectivity index (χ1v) is 9.27. The molecule has 0 radical (unpaired) electrons. The van der Waals surface area contributed by atoms with Crippen molar-refractivity contribution in [2.75, 3.05) is 7.05 Å². The van der Waals surface area contributed by atoms with Gasteiger partial charge in [0.25, 0.3) is 5.91 Å². The molecule has 3 rings (SSSR count). The molecule has 0 heterocycles. The van der Waals surface area contributed by atoms with E-state index in [1.807, 2.05) is 6.92 Å². The summed E-state index contributed by atoms with van der Waals surface area (Å²) in [6.07, 6.45) is 4.99. The summed E-state index contributed by atoms with van der Waals surface area (Å²) in [5.41, 5.74) is 1.29. The lowest BCUT2D eigenvalue weighted by Gasteiger charge is -2.35. The highest BCUT2D eigenvalue weighted by Crippen LogP contribution is 2.27. The zero-order valence-electron chi connectivity index (χ0n) is 13.0. The van der Waals surface area contributed by atoms with E-state index < -0.39 is 10.0 Å². The number of benzene rings is 1. The minimum atomic E-state index is -3.53. The second-order valence-corrected chi connectivity index (χ2v) is 8.09. The number of sulfonamides is 1. The molecular weight excluding hydrogens is 300 g/mol. The largest absolute Gasteiger partial charge is 0.339 e. The van der Waals surface area contributed by atoms with Crippen LogP contribution < -0.4 is 4.72 Å². The molecule has 0 unspecified atom stereocenters. The van der Waals surface area contributed by atoms with E-state index in [2.05, 4.69) is 4.72 Å². The molecule has 2 fully saturated rings. The Labute approximate surface area is 131 Å². The van der Waals surface area contributed by atoms with Crippen molar-refractivity contribution in [2.45, 2.75) is 56.0 Å². The van der Waals surface area contributed by atoms with Crippen molar-refractivity contribution in [3.05, 3.63) is 29.3 Å². The molecule has 5 nitrogen and oxygen atoms in total. The Morgan fingerprint density at radius 2 is 1.91 bits per heavy atom. The van der Waals surface area contributed by atoms with Gasteiger partial charge < -0.3 is 4.90 Å². The lowest BCUT2D eigenvalue weighted by atomic mass is 9.91. The molecule has 0 bridgehead atoms. The Morgan fingerprint density at radius 1 is 1.23 bits per heavy atom. The Hall–Kier alpha value is -1.40. The summed E-state index contributed by atoms with van der Waals surface area (Å²) < 4.78 is 27.3. The van der Waals surface area contributed by atoms with Crippen molar-refractivity contribution in [3.63, 3.8) is 0 Å². The van der Waals surface area contributed by atoms with Gasteiger partial charge in [-0.15, -0.1) is 0 Å². The van der Waals surface area contributed by atoms with Crippen LogP contribution in [0.2, 0.25) is 0 Å². The van der Waals surface area contributed by atoms with E-state index in [-0.39, 0.29) is 22.9 Å². The van der Waals surface area contributed by atoms with Crippen molar-refractivity contribution in [1.29, 1.82) is 0 Å². The SMILES string of the molecule is Cc1ccc(S(=O)(=O)NC2CC2)cc1C(=O)N(C)C1CCC1. The number of carbonyl (C=O) groups is 1. The van der Waals surface area contributed by atoms with Gasteiger partial charge >= 0.3 is 0 Å². The molecule has 0 atom stereocenters. The third kappa shape index (κ3) is 3.03. The van der Waals surface area contributed by atoms with Crippen molar-refractivity contribution in [3.8, 4) is 0 Å². The van der Waals surface area contributed by atoms with Crippen LogP contribution in [-0.4, -0.2) is 38.4 Å². The summed E-state index contributed by atoms with van der Waals surface area (Å²) in [5, 5.41) is 0. The summed E-state index contributed by atoms with van der Waals surface area (Å²) in [6.45, 7) is 1.84. The molecule has 1 aromatic rings. The Bertz CT molecular complexity index is 691. The molecule has 1 N–H and O–H groups in total. The van der Waals surface area contributed by atoms with Crippen LogP contribution in [0.25, 0.3) is 0 Å². The number of amides is 1. The Morgan fingerprint density at radius 3 is 2.45 bits per heavy atom. The predicted molar refractivity (Wildman–Crippen MR) is 84.3 cm³/mol. The molecular formula is C16H22N2O3S. The minimum absolute atomic E-state index is 0.0584. The maximum absolute atomic E-state index is 12.6. The van der Waals surface area contributed by atoms with Crippen LogP contribution >= 0.6 is 0 Å². The zero-order chi connectivity index (χ0) is 15.9. The van der Waals surface area contributed by atoms with Crippen LogP contribution in [-0.2, 0) is 10.0 Å². The van der Waals surface area contributed by atoms with Crippen molar-refractivity contribution in [2.24, 2.45) is 0 Å². The van der Waals surface area contributed by atoms with Crippen LogP contribution in [0.5, 0.6) is 0 Å². The van der Waals surface area contributed by atoms with Crippen LogP contribution in [0.3, 0.4) is 0 Å². The first kappa shape index (κ1) is 15.5. The normalized spacial score (nSPS) is 18.8. The van der Waals surface area contributed by atoms with Crippen LogP contribution in [0.4, 0.5) is 0 Å². The van der Waals surface area contributed by atoms with Crippen LogP contribution in [0, 0.1) is 6.92 Å². The maximum atomic E-state index is 12.6. The average Bonchev–Trinajstić information content (AvgIpc) is 3.19. The zero-order valence-corrected chi connectivity index (χ0v) is 13.8. The van der Waals surface area contributed by atoms with E-state index in [9.17, 15) is 13.2 Å². The molecule has 0 aliphatic heterocycles. The molecule has 120 valence electrons. The third-order valence-corrected chi connectivity index (χ3v) is 6.11. The Kier molecular flexibility index (Phi) is 3.99. The highest BCUT2D eigenvalue weighted by atomic mass is 32.2. The summed E-state index contributed by atoms with van der Waals surface area (Å²) in [6, 6.07) is 5.14. The molecule has 2 saturated carbocycles. The number of rotatable bonds is 5. The van der Waals surface area contributed by atoms with Gasteiger partial charge in [0.15, 0.2) is 0 Å². The van der Waals surface area contributed by atoms with Gasteiger partial charge in [0.2, 0.25) is 10.0 Å². The molecule has 1 aromatic carbocycles. The topological polar surface area (TPSA) is 66.5 Å². The lowest BCUT2D eigenvalue weighted by molar-refractivity contribution is 0.0651. The van der Waals surface area contributed by atoms with Crippen molar-refractivity contribution >= 4 is 15.9 Å². The van der Waals surface area contributed by atoms with E-state index in [1.54, 1.807) is 24.1 Å². The van der Waals surface area contributed by atoms with E-state index in [0.717, 1.165) is 37.7 Å². The first-order chi connectivity index (χ1) is 10.4. The molecule has 2 aliphatic carbocycles. The second kappa shape index (κ2) is 5.66. The van der Waals surface area contributed by atoms with Crippen molar-refractivity contribution < 1.29 is 13.2 Å². The quantitative estimate of drug-likeness (QED) is 0.902. The molecule has 0 aromatic heterocycles. The standard InChI is InChI=1S/C16H22N2O3S/c1-11-6-9-14(22(20,21)17-12-7-8-12)10-15(11)16(19)18(2)13-4-3-5-13/h6,9-10,12-13,17H,3-5,7-8H2,1-2H3. The first-order valence-electron chi connectivity index (χ1n) is 7.78. The van der Waals surface area contributed by atoms with E-state index >= 15 is 0 Å². The second-order valence-electron chi connectivity index (χ2n) is 6.37. The van der Waals surface area contributed by atoms with Gasteiger partial charge in [-0.2, -0.15) is 0 Å². The molecule has 22 heavy (non-hydrogen) atoms. The van der Waals surface area contributed by atoms with Gasteiger partial charge in [-0.05, 0) is 56.7 Å². The summed E-state index contributed by atoms with van der Waals surface area (Å²) in [4.78, 5) is 14.5. The third-order valence-electron chi connectivity index (χ3n) is 4.59. The number of aryl methyl sites for hydroxylation is 1. The predicted octanol–water partition coefficient (Wildman–Crippen LogP) is 2.06. The maximum Gasteiger partial charge on any atom is 0.254 e. The van der Waals surface area contributed by atoms with Crippen LogP contribution in [0.15, 0.2) is 23.1 Å². The molecule has 6 heteroatoms. The fraction of sp³-hybridized carbons (Fsp3) is 0.562. The smallest absolute Gasteiger partial charge is 0.254 e. The highest BCUT2D eigenvalue weighted by Gasteiger charge is 2.30. The number of carbonyl (C=O) groups excluding carboxylic acids is 1.